The fourth-order valence-electron chi connectivity index (χ4n) is 1.54. The molecular formula is C14H14OS. The highest BCUT2D eigenvalue weighted by atomic mass is 32.2. The summed E-state index contributed by atoms with van der Waals surface area (Å²) < 4.78 is 0. The summed E-state index contributed by atoms with van der Waals surface area (Å²) >= 11 is 1.67. The molecule has 2 heteroatoms. The minimum atomic E-state index is 0.342. The molecule has 0 saturated heterocycles. The first kappa shape index (κ1) is 11.1. The third kappa shape index (κ3) is 2.58. The maximum atomic E-state index is 9.69. The number of hydrogen-bond donors (Lipinski definition) is 1. The predicted octanol–water partition coefficient (Wildman–Crippen LogP) is 4.25. The molecule has 82 valence electrons. The average molecular weight is 230 g/mol. The van der Waals surface area contributed by atoms with Crippen LogP contribution in [0.2, 0.25) is 0 Å². The maximum Gasteiger partial charge on any atom is 0.129 e. The van der Waals surface area contributed by atoms with Gasteiger partial charge in [-0.05, 0) is 24.6 Å². The molecule has 0 radical (unpaired) electrons. The van der Waals surface area contributed by atoms with Crippen molar-refractivity contribution in [3.05, 3.63) is 60.2 Å². The van der Waals surface area contributed by atoms with Crippen molar-refractivity contribution in [1.82, 2.24) is 0 Å². The van der Waals surface area contributed by atoms with Crippen LogP contribution < -0.4 is 0 Å². The number of aromatic hydroxyl groups is 1. The molecule has 0 saturated carbocycles. The summed E-state index contributed by atoms with van der Waals surface area (Å²) in [4.78, 5) is 0.929. The average Bonchev–Trinajstić information content (AvgIpc) is 2.33. The van der Waals surface area contributed by atoms with Crippen LogP contribution in [-0.4, -0.2) is 5.11 Å². The second-order valence-corrected chi connectivity index (χ2v) is 5.02. The Bertz CT molecular complexity index is 453. The maximum absolute atomic E-state index is 9.69. The molecule has 1 nitrogen and oxygen atoms in total. The van der Waals surface area contributed by atoms with Crippen molar-refractivity contribution in [2.75, 3.05) is 0 Å². The lowest BCUT2D eigenvalue weighted by molar-refractivity contribution is 0.462. The number of para-hydroxylation sites is 1. The lowest BCUT2D eigenvalue weighted by atomic mass is 10.2. The van der Waals surface area contributed by atoms with Crippen molar-refractivity contribution in [1.29, 1.82) is 0 Å². The van der Waals surface area contributed by atoms with Crippen molar-refractivity contribution in [2.45, 2.75) is 17.1 Å². The van der Waals surface area contributed by atoms with Gasteiger partial charge in [-0.2, -0.15) is 0 Å². The standard InChI is InChI=1S/C14H14OS/c1-11(12-7-3-2-4-8-12)16-14-10-6-5-9-13(14)15/h2-11,15H,1H3. The smallest absolute Gasteiger partial charge is 0.129 e. The zero-order valence-electron chi connectivity index (χ0n) is 9.13. The van der Waals surface area contributed by atoms with Crippen LogP contribution in [0, 0.1) is 0 Å². The number of benzene rings is 2. The zero-order valence-corrected chi connectivity index (χ0v) is 9.95. The molecule has 2 aromatic carbocycles. The summed E-state index contributed by atoms with van der Waals surface area (Å²) in [6.07, 6.45) is 0. The summed E-state index contributed by atoms with van der Waals surface area (Å²) in [7, 11) is 0. The van der Waals surface area contributed by atoms with Crippen molar-refractivity contribution >= 4 is 11.8 Å². The Labute approximate surface area is 100 Å². The predicted molar refractivity (Wildman–Crippen MR) is 68.8 cm³/mol. The first-order chi connectivity index (χ1) is 7.77. The van der Waals surface area contributed by atoms with Gasteiger partial charge in [0.1, 0.15) is 5.75 Å². The molecule has 0 aliphatic carbocycles. The van der Waals surface area contributed by atoms with Gasteiger partial charge in [0.2, 0.25) is 0 Å². The number of phenols is 1. The number of rotatable bonds is 3. The Kier molecular flexibility index (Phi) is 3.52. The fraction of sp³-hybridized carbons (Fsp3) is 0.143. The van der Waals surface area contributed by atoms with Crippen molar-refractivity contribution in [3.63, 3.8) is 0 Å². The third-order valence-corrected chi connectivity index (χ3v) is 3.66. The minimum absolute atomic E-state index is 0.342. The van der Waals surface area contributed by atoms with Crippen molar-refractivity contribution < 1.29 is 5.11 Å². The van der Waals surface area contributed by atoms with E-state index < -0.39 is 0 Å². The summed E-state index contributed by atoms with van der Waals surface area (Å²) in [5, 5.41) is 10.0. The molecule has 0 aromatic heterocycles. The Morgan fingerprint density at radius 2 is 1.56 bits per heavy atom. The minimum Gasteiger partial charge on any atom is -0.507 e. The molecule has 0 spiro atoms. The molecule has 2 rings (SSSR count). The van der Waals surface area contributed by atoms with E-state index in [1.54, 1.807) is 17.8 Å². The highest BCUT2D eigenvalue weighted by Gasteiger charge is 2.08. The summed E-state index contributed by atoms with van der Waals surface area (Å²) in [5.41, 5.74) is 1.27. The molecule has 0 amide bonds. The highest BCUT2D eigenvalue weighted by Crippen LogP contribution is 2.38. The molecule has 16 heavy (non-hydrogen) atoms. The van der Waals surface area contributed by atoms with Gasteiger partial charge in [-0.15, -0.1) is 11.8 Å². The van der Waals surface area contributed by atoms with Crippen LogP contribution in [0.15, 0.2) is 59.5 Å². The molecule has 2 aromatic rings. The number of thioether (sulfide) groups is 1. The SMILES string of the molecule is CC(Sc1ccccc1O)c1ccccc1. The van der Waals surface area contributed by atoms with Gasteiger partial charge in [0, 0.05) is 10.1 Å². The number of phenolic OH excluding ortho intramolecular Hbond substituents is 1. The van der Waals surface area contributed by atoms with E-state index in [1.165, 1.54) is 5.56 Å². The van der Waals surface area contributed by atoms with Crippen LogP contribution in [0.1, 0.15) is 17.7 Å². The van der Waals surface area contributed by atoms with Gasteiger partial charge in [0.25, 0.3) is 0 Å². The molecule has 0 bridgehead atoms. The van der Waals surface area contributed by atoms with Crippen LogP contribution in [0.4, 0.5) is 0 Å². The van der Waals surface area contributed by atoms with Gasteiger partial charge >= 0.3 is 0 Å². The van der Waals surface area contributed by atoms with E-state index in [9.17, 15) is 5.11 Å². The van der Waals surface area contributed by atoms with E-state index in [0.29, 0.717) is 11.0 Å². The van der Waals surface area contributed by atoms with E-state index >= 15 is 0 Å². The van der Waals surface area contributed by atoms with E-state index in [-0.39, 0.29) is 0 Å². The van der Waals surface area contributed by atoms with Crippen molar-refractivity contribution in [2.24, 2.45) is 0 Å². The van der Waals surface area contributed by atoms with Crippen LogP contribution in [0.3, 0.4) is 0 Å². The quantitative estimate of drug-likeness (QED) is 0.796. The van der Waals surface area contributed by atoms with Gasteiger partial charge in [0.15, 0.2) is 0 Å². The molecule has 1 atom stereocenters. The largest absolute Gasteiger partial charge is 0.507 e. The topological polar surface area (TPSA) is 20.2 Å². The first-order valence-corrected chi connectivity index (χ1v) is 6.15. The normalized spacial score (nSPS) is 12.3. The number of hydrogen-bond acceptors (Lipinski definition) is 2. The highest BCUT2D eigenvalue weighted by molar-refractivity contribution is 7.99. The second kappa shape index (κ2) is 5.08. The molecule has 0 fully saturated rings. The van der Waals surface area contributed by atoms with E-state index in [4.69, 9.17) is 0 Å². The molecular weight excluding hydrogens is 216 g/mol. The van der Waals surface area contributed by atoms with E-state index in [0.717, 1.165) is 4.90 Å². The van der Waals surface area contributed by atoms with Gasteiger partial charge in [0.05, 0.1) is 0 Å². The second-order valence-electron chi connectivity index (χ2n) is 3.64. The van der Waals surface area contributed by atoms with E-state index in [1.807, 2.05) is 36.4 Å². The van der Waals surface area contributed by atoms with Gasteiger partial charge < -0.3 is 5.11 Å². The van der Waals surface area contributed by atoms with Gasteiger partial charge in [-0.25, -0.2) is 0 Å². The fourth-order valence-corrected chi connectivity index (χ4v) is 2.56. The summed E-state index contributed by atoms with van der Waals surface area (Å²) in [6, 6.07) is 17.8. The van der Waals surface area contributed by atoms with Crippen LogP contribution in [0.5, 0.6) is 5.75 Å². The Morgan fingerprint density at radius 1 is 0.938 bits per heavy atom. The Morgan fingerprint density at radius 3 is 2.25 bits per heavy atom. The van der Waals surface area contributed by atoms with Gasteiger partial charge in [-0.1, -0.05) is 42.5 Å². The van der Waals surface area contributed by atoms with Crippen LogP contribution in [-0.2, 0) is 0 Å². The Hall–Kier alpha value is -1.41. The lowest BCUT2D eigenvalue weighted by Gasteiger charge is -2.12. The molecule has 0 aliphatic rings. The lowest BCUT2D eigenvalue weighted by Crippen LogP contribution is -1.87. The van der Waals surface area contributed by atoms with Crippen molar-refractivity contribution in [3.8, 4) is 5.75 Å². The molecule has 0 heterocycles. The molecule has 1 N–H and O–H groups in total. The summed E-state index contributed by atoms with van der Waals surface area (Å²) in [6.45, 7) is 2.15. The first-order valence-electron chi connectivity index (χ1n) is 5.27. The van der Waals surface area contributed by atoms with Crippen LogP contribution >= 0.6 is 11.8 Å². The van der Waals surface area contributed by atoms with E-state index in [2.05, 4.69) is 19.1 Å². The zero-order chi connectivity index (χ0) is 11.4. The van der Waals surface area contributed by atoms with Gasteiger partial charge in [-0.3, -0.25) is 0 Å². The van der Waals surface area contributed by atoms with Crippen LogP contribution in [0.25, 0.3) is 0 Å². The monoisotopic (exact) mass is 230 g/mol. The summed E-state index contributed by atoms with van der Waals surface area (Å²) in [5.74, 6) is 0.357. The molecule has 0 aliphatic heterocycles. The third-order valence-electron chi connectivity index (χ3n) is 2.44. The molecule has 1 unspecified atom stereocenters. The Balaban J connectivity index is 2.14.